The maximum atomic E-state index is 9.74. The maximum absolute atomic E-state index is 9.74. The van der Waals surface area contributed by atoms with Crippen molar-refractivity contribution in [3.8, 4) is 18.0 Å². The average Bonchev–Trinajstić information content (AvgIpc) is 2.71. The van der Waals surface area contributed by atoms with Gasteiger partial charge in [-0.25, -0.2) is 9.97 Å². The monoisotopic (exact) mass is 426 g/mol. The molecule has 1 aliphatic rings. The van der Waals surface area contributed by atoms with E-state index in [9.17, 15) is 10.4 Å². The van der Waals surface area contributed by atoms with E-state index in [4.69, 9.17) is 21.6 Å². The zero-order valence-corrected chi connectivity index (χ0v) is 17.7. The van der Waals surface area contributed by atoms with E-state index < -0.39 is 5.60 Å². The molecule has 0 saturated carbocycles. The number of fused-ring (bicyclic) bond motifs is 1. The van der Waals surface area contributed by atoms with Crippen LogP contribution < -0.4 is 10.1 Å². The smallest absolute Gasteiger partial charge is 0.213 e. The fraction of sp³-hybridized carbons (Fsp3) is 0.429. The lowest BCUT2D eigenvalue weighted by atomic mass is 9.96. The highest BCUT2D eigenvalue weighted by Crippen LogP contribution is 2.32. The largest absolute Gasteiger partial charge is 0.475 e. The van der Waals surface area contributed by atoms with Crippen molar-refractivity contribution >= 4 is 17.4 Å². The Kier molecular flexibility index (Phi) is 6.73. The molecule has 0 radical (unpaired) electrons. The molecule has 3 rings (SSSR count). The second-order valence-electron chi connectivity index (χ2n) is 7.77. The lowest BCUT2D eigenvalue weighted by molar-refractivity contribution is 0.0268. The van der Waals surface area contributed by atoms with Gasteiger partial charge in [0.1, 0.15) is 30.2 Å². The first-order chi connectivity index (χ1) is 14.3. The summed E-state index contributed by atoms with van der Waals surface area (Å²) in [6, 6.07) is 7.91. The zero-order chi connectivity index (χ0) is 21.7. The van der Waals surface area contributed by atoms with Crippen molar-refractivity contribution in [1.82, 2.24) is 14.9 Å². The number of hydrogen-bond acceptors (Lipinski definition) is 8. The summed E-state index contributed by atoms with van der Waals surface area (Å²) in [5.74, 6) is 1.04. The Morgan fingerprint density at radius 3 is 2.77 bits per heavy atom. The highest BCUT2D eigenvalue weighted by molar-refractivity contribution is 6.30. The third kappa shape index (κ3) is 5.37. The number of nitrogens with zero attached hydrogens (tertiary/aromatic N) is 5. The summed E-state index contributed by atoms with van der Waals surface area (Å²) >= 11 is 6.22. The summed E-state index contributed by atoms with van der Waals surface area (Å²) in [5.41, 5.74) is 2.26. The van der Waals surface area contributed by atoms with Crippen LogP contribution in [0.2, 0.25) is 5.15 Å². The highest BCUT2D eigenvalue weighted by Gasteiger charge is 2.25. The minimum absolute atomic E-state index is 0.124. The molecule has 0 spiro atoms. The normalized spacial score (nSPS) is 13.8. The standard InChI is InChI=1S/C21H23ClN6O2/c1-21(2,29)13-30-18-4-3-14(10-26-18)11-28-8-5-15-17(12-28)16(9-24)19(22)27-20(15)25-7-6-23/h3-4,10,29H,5,7-8,11-13H2,1-2H3,(H,25,27). The Morgan fingerprint density at radius 1 is 1.33 bits per heavy atom. The minimum atomic E-state index is -0.920. The lowest BCUT2D eigenvalue weighted by Crippen LogP contribution is -2.32. The summed E-state index contributed by atoms with van der Waals surface area (Å²) in [4.78, 5) is 10.8. The van der Waals surface area contributed by atoms with Gasteiger partial charge in [0.15, 0.2) is 0 Å². The number of hydrogen-bond donors (Lipinski definition) is 2. The van der Waals surface area contributed by atoms with Gasteiger partial charge in [-0.15, -0.1) is 0 Å². The summed E-state index contributed by atoms with van der Waals surface area (Å²) < 4.78 is 5.49. The Hall–Kier alpha value is -2.91. The van der Waals surface area contributed by atoms with Gasteiger partial charge in [-0.05, 0) is 31.4 Å². The molecule has 2 aromatic heterocycles. The number of halogens is 1. The molecule has 0 aromatic carbocycles. The molecule has 0 saturated heterocycles. The van der Waals surface area contributed by atoms with Gasteiger partial charge in [0.25, 0.3) is 0 Å². The first-order valence-electron chi connectivity index (χ1n) is 9.55. The number of aromatic nitrogens is 2. The van der Waals surface area contributed by atoms with Gasteiger partial charge in [-0.2, -0.15) is 10.5 Å². The Morgan fingerprint density at radius 2 is 2.13 bits per heavy atom. The second kappa shape index (κ2) is 9.27. The summed E-state index contributed by atoms with van der Waals surface area (Å²) in [7, 11) is 0. The number of pyridine rings is 2. The SMILES string of the molecule is CC(C)(O)COc1ccc(CN2CCc3c(NCC#N)nc(Cl)c(C#N)c3C2)cn1. The van der Waals surface area contributed by atoms with E-state index >= 15 is 0 Å². The number of nitrogens with one attached hydrogen (secondary N) is 1. The van der Waals surface area contributed by atoms with Crippen molar-refractivity contribution in [3.05, 3.63) is 45.7 Å². The zero-order valence-electron chi connectivity index (χ0n) is 16.9. The van der Waals surface area contributed by atoms with E-state index in [0.29, 0.717) is 36.8 Å². The van der Waals surface area contributed by atoms with Crippen LogP contribution in [-0.2, 0) is 19.5 Å². The number of nitriles is 2. The maximum Gasteiger partial charge on any atom is 0.213 e. The number of aliphatic hydroxyl groups is 1. The van der Waals surface area contributed by atoms with Crippen LogP contribution in [0.4, 0.5) is 5.82 Å². The van der Waals surface area contributed by atoms with E-state index in [2.05, 4.69) is 26.3 Å². The third-order valence-electron chi connectivity index (χ3n) is 4.65. The molecule has 0 amide bonds. The van der Waals surface area contributed by atoms with Gasteiger partial charge < -0.3 is 15.2 Å². The molecule has 0 bridgehead atoms. The molecule has 0 unspecified atom stereocenters. The van der Waals surface area contributed by atoms with Crippen molar-refractivity contribution in [2.24, 2.45) is 0 Å². The number of rotatable bonds is 7. The topological polar surface area (TPSA) is 118 Å². The molecule has 0 aliphatic carbocycles. The summed E-state index contributed by atoms with van der Waals surface area (Å²) in [6.07, 6.45) is 2.45. The fourth-order valence-electron chi connectivity index (χ4n) is 3.27. The van der Waals surface area contributed by atoms with Crippen LogP contribution in [0.25, 0.3) is 0 Å². The van der Waals surface area contributed by atoms with Crippen LogP contribution in [0.1, 0.15) is 36.1 Å². The first-order valence-corrected chi connectivity index (χ1v) is 9.93. The van der Waals surface area contributed by atoms with Crippen molar-refractivity contribution in [3.63, 3.8) is 0 Å². The van der Waals surface area contributed by atoms with Crippen LogP contribution in [0.3, 0.4) is 0 Å². The molecule has 2 N–H and O–H groups in total. The molecular formula is C21H23ClN6O2. The van der Waals surface area contributed by atoms with E-state index in [0.717, 1.165) is 23.2 Å². The van der Waals surface area contributed by atoms with E-state index in [-0.39, 0.29) is 18.3 Å². The van der Waals surface area contributed by atoms with Crippen LogP contribution in [-0.4, -0.2) is 45.3 Å². The Bertz CT molecular complexity index is 989. The van der Waals surface area contributed by atoms with Crippen molar-refractivity contribution in [1.29, 1.82) is 10.5 Å². The van der Waals surface area contributed by atoms with Gasteiger partial charge >= 0.3 is 0 Å². The molecule has 0 atom stereocenters. The van der Waals surface area contributed by atoms with Crippen molar-refractivity contribution in [2.45, 2.75) is 39.0 Å². The first kappa shape index (κ1) is 21.8. The summed E-state index contributed by atoms with van der Waals surface area (Å²) in [6.45, 7) is 5.62. The van der Waals surface area contributed by atoms with Crippen LogP contribution in [0, 0.1) is 22.7 Å². The lowest BCUT2D eigenvalue weighted by Gasteiger charge is -2.30. The van der Waals surface area contributed by atoms with Gasteiger partial charge in [0, 0.05) is 37.5 Å². The fourth-order valence-corrected chi connectivity index (χ4v) is 3.51. The van der Waals surface area contributed by atoms with Gasteiger partial charge in [0.2, 0.25) is 5.88 Å². The van der Waals surface area contributed by atoms with Gasteiger partial charge in [-0.3, -0.25) is 4.90 Å². The number of anilines is 1. The van der Waals surface area contributed by atoms with Crippen molar-refractivity contribution in [2.75, 3.05) is 25.0 Å². The molecule has 156 valence electrons. The predicted octanol–water partition coefficient (Wildman–Crippen LogP) is 2.65. The molecule has 8 nitrogen and oxygen atoms in total. The molecule has 2 aromatic rings. The highest BCUT2D eigenvalue weighted by atomic mass is 35.5. The molecule has 30 heavy (non-hydrogen) atoms. The molecule has 0 fully saturated rings. The van der Waals surface area contributed by atoms with Crippen LogP contribution >= 0.6 is 11.6 Å². The van der Waals surface area contributed by atoms with Gasteiger partial charge in [0.05, 0.1) is 17.2 Å². The second-order valence-corrected chi connectivity index (χ2v) is 8.13. The molecule has 1 aliphatic heterocycles. The van der Waals surface area contributed by atoms with E-state index in [1.807, 2.05) is 12.1 Å². The third-order valence-corrected chi connectivity index (χ3v) is 4.93. The predicted molar refractivity (Wildman–Crippen MR) is 112 cm³/mol. The minimum Gasteiger partial charge on any atom is -0.475 e. The molecule has 9 heteroatoms. The Balaban J connectivity index is 1.73. The molecular weight excluding hydrogens is 404 g/mol. The molecule has 3 heterocycles. The van der Waals surface area contributed by atoms with Crippen molar-refractivity contribution < 1.29 is 9.84 Å². The Labute approximate surface area is 180 Å². The van der Waals surface area contributed by atoms with E-state index in [1.54, 1.807) is 26.1 Å². The van der Waals surface area contributed by atoms with Crippen LogP contribution in [0.15, 0.2) is 18.3 Å². The summed E-state index contributed by atoms with van der Waals surface area (Å²) in [5, 5.41) is 31.3. The van der Waals surface area contributed by atoms with Gasteiger partial charge in [-0.1, -0.05) is 17.7 Å². The van der Waals surface area contributed by atoms with E-state index in [1.165, 1.54) is 0 Å². The quantitative estimate of drug-likeness (QED) is 0.512. The number of ether oxygens (including phenoxy) is 1. The van der Waals surface area contributed by atoms with Crippen LogP contribution in [0.5, 0.6) is 5.88 Å². The average molecular weight is 427 g/mol.